The molecule has 0 saturated carbocycles. The van der Waals surface area contributed by atoms with Gasteiger partial charge in [0, 0.05) is 12.1 Å². The summed E-state index contributed by atoms with van der Waals surface area (Å²) in [5.41, 5.74) is 8.19. The highest BCUT2D eigenvalue weighted by atomic mass is 16.5. The summed E-state index contributed by atoms with van der Waals surface area (Å²) in [6.45, 7) is 4.54. The predicted octanol–water partition coefficient (Wildman–Crippen LogP) is 5.16. The third-order valence-corrected chi connectivity index (χ3v) is 7.36. The second-order valence-electron chi connectivity index (χ2n) is 9.20. The van der Waals surface area contributed by atoms with Crippen molar-refractivity contribution in [2.24, 2.45) is 0 Å². The van der Waals surface area contributed by atoms with Crippen LogP contribution in [0.4, 0.5) is 0 Å². The SMILES string of the molecule is CC(C)[n+]1c2n(c3ccccc31)C13c4c(cccc4-c4cccc[n+]41)Oc1cccc-2c13. The molecule has 3 aromatic carbocycles. The molecule has 1 atom stereocenters. The molecule has 1 spiro atoms. The number of nitrogens with zero attached hydrogens (tertiary/aromatic N) is 3. The summed E-state index contributed by atoms with van der Waals surface area (Å²) in [6, 6.07) is 28.6. The van der Waals surface area contributed by atoms with Crippen LogP contribution in [0.2, 0.25) is 0 Å². The van der Waals surface area contributed by atoms with Crippen LogP contribution in [-0.4, -0.2) is 4.57 Å². The standard InChI is InChI=1S/C28H21N3O/c1-17(2)30-21-12-3-4-13-22(21)31-27(30)19-10-8-15-24-26(19)28(31)25-18(9-7-14-23(25)32-24)20-11-5-6-16-29(20)28/h3-17H,1-2H3/q+2. The molecule has 4 nitrogen and oxygen atoms in total. The first-order chi connectivity index (χ1) is 15.7. The minimum atomic E-state index is -0.498. The highest BCUT2D eigenvalue weighted by Crippen LogP contribution is 2.60. The van der Waals surface area contributed by atoms with Gasteiger partial charge in [-0.2, -0.15) is 4.57 Å². The minimum Gasteiger partial charge on any atom is -0.456 e. The summed E-state index contributed by atoms with van der Waals surface area (Å²) in [6.07, 6.45) is 2.23. The molecule has 8 rings (SSSR count). The molecule has 1 unspecified atom stereocenters. The van der Waals surface area contributed by atoms with Gasteiger partial charge < -0.3 is 4.74 Å². The van der Waals surface area contributed by atoms with Crippen LogP contribution in [0.3, 0.4) is 0 Å². The third kappa shape index (κ3) is 1.57. The number of benzene rings is 3. The van der Waals surface area contributed by atoms with Crippen LogP contribution in [0, 0.1) is 0 Å². The van der Waals surface area contributed by atoms with Crippen molar-refractivity contribution in [3.05, 3.63) is 96.2 Å². The molecule has 2 aromatic heterocycles. The van der Waals surface area contributed by atoms with E-state index in [0.29, 0.717) is 6.04 Å². The maximum Gasteiger partial charge on any atom is 0.372 e. The molecule has 0 fully saturated rings. The zero-order valence-corrected chi connectivity index (χ0v) is 17.9. The molecule has 0 N–H and O–H groups in total. The second-order valence-corrected chi connectivity index (χ2v) is 9.20. The number of para-hydroxylation sites is 2. The fraction of sp³-hybridized carbons (Fsp3) is 0.143. The highest BCUT2D eigenvalue weighted by Gasteiger charge is 2.70. The van der Waals surface area contributed by atoms with Gasteiger partial charge in [0.25, 0.3) is 5.82 Å². The van der Waals surface area contributed by atoms with Gasteiger partial charge in [-0.15, -0.1) is 4.57 Å². The van der Waals surface area contributed by atoms with Crippen molar-refractivity contribution in [1.82, 2.24) is 4.57 Å². The van der Waals surface area contributed by atoms with Crippen LogP contribution in [-0.2, 0) is 5.66 Å². The summed E-state index contributed by atoms with van der Waals surface area (Å²) in [5.74, 6) is 3.13. The molecule has 5 heterocycles. The summed E-state index contributed by atoms with van der Waals surface area (Å²) in [7, 11) is 0. The Morgan fingerprint density at radius 3 is 2.31 bits per heavy atom. The summed E-state index contributed by atoms with van der Waals surface area (Å²) in [5, 5.41) is 0. The van der Waals surface area contributed by atoms with Crippen molar-refractivity contribution >= 4 is 11.0 Å². The molecule has 0 bridgehead atoms. The molecule has 4 heteroatoms. The zero-order valence-electron chi connectivity index (χ0n) is 17.9. The average molecular weight is 415 g/mol. The monoisotopic (exact) mass is 415 g/mol. The Hall–Kier alpha value is -3.92. The van der Waals surface area contributed by atoms with E-state index in [1.807, 2.05) is 0 Å². The quantitative estimate of drug-likeness (QED) is 0.339. The maximum absolute atomic E-state index is 6.56. The first-order valence-electron chi connectivity index (χ1n) is 11.2. The number of pyridine rings is 1. The van der Waals surface area contributed by atoms with Crippen molar-refractivity contribution in [2.45, 2.75) is 25.6 Å². The van der Waals surface area contributed by atoms with E-state index in [2.05, 4.69) is 113 Å². The summed E-state index contributed by atoms with van der Waals surface area (Å²) >= 11 is 0. The van der Waals surface area contributed by atoms with Gasteiger partial charge in [-0.05, 0) is 56.3 Å². The molecular weight excluding hydrogens is 394 g/mol. The number of aromatic nitrogens is 3. The van der Waals surface area contributed by atoms with E-state index in [0.717, 1.165) is 11.5 Å². The van der Waals surface area contributed by atoms with Crippen molar-refractivity contribution in [3.8, 4) is 34.1 Å². The van der Waals surface area contributed by atoms with Crippen molar-refractivity contribution in [3.63, 3.8) is 0 Å². The first kappa shape index (κ1) is 16.7. The smallest absolute Gasteiger partial charge is 0.372 e. The Labute approximate surface area is 185 Å². The lowest BCUT2D eigenvalue weighted by Crippen LogP contribution is -2.59. The van der Waals surface area contributed by atoms with Crippen LogP contribution in [0.25, 0.3) is 33.7 Å². The fourth-order valence-electron chi connectivity index (χ4n) is 6.41. The Bertz CT molecular complexity index is 1640. The number of rotatable bonds is 1. The molecule has 152 valence electrons. The Morgan fingerprint density at radius 2 is 1.50 bits per heavy atom. The number of hydrogen-bond acceptors (Lipinski definition) is 1. The van der Waals surface area contributed by atoms with Gasteiger partial charge in [0.2, 0.25) is 5.69 Å². The highest BCUT2D eigenvalue weighted by molar-refractivity contribution is 5.87. The molecular formula is C28H21N3O+2. The second kappa shape index (κ2) is 5.28. The van der Waals surface area contributed by atoms with Crippen LogP contribution < -0.4 is 13.9 Å². The van der Waals surface area contributed by atoms with E-state index in [1.165, 1.54) is 44.8 Å². The molecule has 3 aliphatic rings. The lowest BCUT2D eigenvalue weighted by atomic mass is 9.86. The van der Waals surface area contributed by atoms with Crippen molar-refractivity contribution in [1.29, 1.82) is 0 Å². The molecule has 0 radical (unpaired) electrons. The van der Waals surface area contributed by atoms with Gasteiger partial charge in [-0.25, -0.2) is 4.57 Å². The number of ether oxygens (including phenoxy) is 1. The number of imidazole rings is 1. The maximum atomic E-state index is 6.56. The molecule has 0 saturated heterocycles. The molecule has 32 heavy (non-hydrogen) atoms. The van der Waals surface area contributed by atoms with E-state index in [1.54, 1.807) is 0 Å². The molecule has 0 amide bonds. The van der Waals surface area contributed by atoms with Crippen LogP contribution in [0.15, 0.2) is 85.1 Å². The Balaban J connectivity index is 1.71. The van der Waals surface area contributed by atoms with E-state index in [4.69, 9.17) is 4.74 Å². The van der Waals surface area contributed by atoms with Gasteiger partial charge in [0.1, 0.15) is 22.6 Å². The summed E-state index contributed by atoms with van der Waals surface area (Å²) in [4.78, 5) is 0. The lowest BCUT2D eigenvalue weighted by molar-refractivity contribution is -0.736. The predicted molar refractivity (Wildman–Crippen MR) is 122 cm³/mol. The number of hydrogen-bond donors (Lipinski definition) is 0. The van der Waals surface area contributed by atoms with Gasteiger partial charge >= 0.3 is 5.66 Å². The summed E-state index contributed by atoms with van der Waals surface area (Å²) < 4.78 is 14.1. The van der Waals surface area contributed by atoms with Crippen molar-refractivity contribution in [2.75, 3.05) is 0 Å². The van der Waals surface area contributed by atoms with Gasteiger partial charge in [0.05, 0.1) is 17.2 Å². The van der Waals surface area contributed by atoms with Gasteiger partial charge in [-0.3, -0.25) is 0 Å². The fourth-order valence-corrected chi connectivity index (χ4v) is 6.41. The van der Waals surface area contributed by atoms with E-state index < -0.39 is 5.66 Å². The minimum absolute atomic E-state index is 0.320. The van der Waals surface area contributed by atoms with Crippen LogP contribution in [0.5, 0.6) is 11.5 Å². The Kier molecular flexibility index (Phi) is 2.76. The van der Waals surface area contributed by atoms with E-state index >= 15 is 0 Å². The van der Waals surface area contributed by atoms with Crippen molar-refractivity contribution < 1.29 is 13.9 Å². The first-order valence-corrected chi connectivity index (χ1v) is 11.2. The molecule has 0 aliphatic carbocycles. The third-order valence-electron chi connectivity index (χ3n) is 7.36. The van der Waals surface area contributed by atoms with Crippen LogP contribution >= 0.6 is 0 Å². The molecule has 5 aromatic rings. The topological polar surface area (TPSA) is 21.9 Å². The normalized spacial score (nSPS) is 18.3. The lowest BCUT2D eigenvalue weighted by Gasteiger charge is -2.27. The Morgan fingerprint density at radius 1 is 0.781 bits per heavy atom. The number of fused-ring (bicyclic) bond motifs is 6. The van der Waals surface area contributed by atoms with E-state index in [9.17, 15) is 0 Å². The van der Waals surface area contributed by atoms with Gasteiger partial charge in [-0.1, -0.05) is 24.3 Å². The molecule has 3 aliphatic heterocycles. The van der Waals surface area contributed by atoms with Gasteiger partial charge in [0.15, 0.2) is 17.2 Å². The average Bonchev–Trinajstić information content (AvgIpc) is 3.42. The van der Waals surface area contributed by atoms with Crippen LogP contribution in [0.1, 0.15) is 31.0 Å². The van der Waals surface area contributed by atoms with E-state index in [-0.39, 0.29) is 0 Å². The largest absolute Gasteiger partial charge is 0.456 e. The zero-order chi connectivity index (χ0) is 21.2.